The van der Waals surface area contributed by atoms with Crippen LogP contribution in [0, 0.1) is 6.92 Å². The summed E-state index contributed by atoms with van der Waals surface area (Å²) >= 11 is 0. The maximum absolute atomic E-state index is 5.55. The third kappa shape index (κ3) is 3.79. The minimum absolute atomic E-state index is 0.308. The van der Waals surface area contributed by atoms with Crippen LogP contribution in [0.25, 0.3) is 0 Å². The lowest BCUT2D eigenvalue weighted by Crippen LogP contribution is -2.34. The monoisotopic (exact) mass is 338 g/mol. The van der Waals surface area contributed by atoms with Crippen LogP contribution in [0.2, 0.25) is 0 Å². The molecule has 0 radical (unpaired) electrons. The molecule has 3 heterocycles. The highest BCUT2D eigenvalue weighted by Gasteiger charge is 2.26. The van der Waals surface area contributed by atoms with Crippen molar-refractivity contribution < 1.29 is 9.05 Å². The first-order valence-corrected chi connectivity index (χ1v) is 8.76. The van der Waals surface area contributed by atoms with Gasteiger partial charge in [0.05, 0.1) is 11.6 Å². The van der Waals surface area contributed by atoms with Gasteiger partial charge in [0.15, 0.2) is 5.82 Å². The van der Waals surface area contributed by atoms with E-state index in [0.717, 1.165) is 49.6 Å². The summed E-state index contributed by atoms with van der Waals surface area (Å²) < 4.78 is 10.5. The Kier molecular flexibility index (Phi) is 4.61. The van der Waals surface area contributed by atoms with Crippen molar-refractivity contribution in [3.8, 4) is 0 Å². The molecule has 1 unspecified atom stereocenters. The van der Waals surface area contributed by atoms with Gasteiger partial charge in [-0.2, -0.15) is 4.98 Å². The van der Waals surface area contributed by atoms with Gasteiger partial charge in [0.25, 0.3) is 0 Å². The summed E-state index contributed by atoms with van der Waals surface area (Å²) in [4.78, 5) is 7.09. The number of aryl methyl sites for hydroxylation is 1. The van der Waals surface area contributed by atoms with Crippen molar-refractivity contribution in [2.75, 3.05) is 13.1 Å². The number of piperidine rings is 1. The smallest absolute Gasteiger partial charge is 0.231 e. The Bertz CT molecular complexity index is 812. The number of nitrogens with zero attached hydrogens (tertiary/aromatic N) is 4. The van der Waals surface area contributed by atoms with E-state index in [0.29, 0.717) is 18.2 Å². The second kappa shape index (κ2) is 7.19. The van der Waals surface area contributed by atoms with Crippen LogP contribution in [0.1, 0.15) is 47.3 Å². The summed E-state index contributed by atoms with van der Waals surface area (Å²) in [7, 11) is 0. The van der Waals surface area contributed by atoms with Crippen LogP contribution in [0.15, 0.2) is 45.6 Å². The maximum Gasteiger partial charge on any atom is 0.231 e. The second-order valence-corrected chi connectivity index (χ2v) is 6.71. The van der Waals surface area contributed by atoms with Crippen LogP contribution in [0.3, 0.4) is 0 Å². The van der Waals surface area contributed by atoms with Gasteiger partial charge in [-0.3, -0.25) is 4.90 Å². The van der Waals surface area contributed by atoms with Crippen molar-refractivity contribution in [1.29, 1.82) is 0 Å². The fourth-order valence-corrected chi connectivity index (χ4v) is 3.40. The van der Waals surface area contributed by atoms with E-state index in [-0.39, 0.29) is 0 Å². The van der Waals surface area contributed by atoms with E-state index in [1.807, 2.05) is 6.92 Å². The number of hydrogen-bond acceptors (Lipinski definition) is 6. The molecule has 2 aromatic heterocycles. The third-order valence-corrected chi connectivity index (χ3v) is 4.79. The topological polar surface area (TPSA) is 68.2 Å². The van der Waals surface area contributed by atoms with E-state index >= 15 is 0 Å². The fourth-order valence-electron chi connectivity index (χ4n) is 3.40. The zero-order valence-electron chi connectivity index (χ0n) is 14.4. The molecule has 130 valence electrons. The summed E-state index contributed by atoms with van der Waals surface area (Å²) in [6, 6.07) is 10.6. The molecule has 1 fully saturated rings. The van der Waals surface area contributed by atoms with Crippen molar-refractivity contribution in [3.63, 3.8) is 0 Å². The first kappa shape index (κ1) is 16.0. The van der Waals surface area contributed by atoms with E-state index in [1.54, 1.807) is 6.26 Å². The molecule has 3 aromatic rings. The van der Waals surface area contributed by atoms with Crippen LogP contribution in [0.4, 0.5) is 0 Å². The molecule has 0 saturated carbocycles. The molecule has 0 aliphatic carbocycles. The molecule has 4 rings (SSSR count). The Hall–Kier alpha value is -2.47. The molecule has 0 bridgehead atoms. The Morgan fingerprint density at radius 2 is 2.08 bits per heavy atom. The average molecular weight is 338 g/mol. The van der Waals surface area contributed by atoms with Gasteiger partial charge in [-0.15, -0.1) is 0 Å². The zero-order chi connectivity index (χ0) is 17.1. The number of hydrogen-bond donors (Lipinski definition) is 0. The fraction of sp³-hybridized carbons (Fsp3) is 0.421. The van der Waals surface area contributed by atoms with E-state index in [9.17, 15) is 0 Å². The van der Waals surface area contributed by atoms with Crippen molar-refractivity contribution >= 4 is 0 Å². The van der Waals surface area contributed by atoms with E-state index in [1.165, 1.54) is 5.56 Å². The van der Waals surface area contributed by atoms with Gasteiger partial charge in [-0.1, -0.05) is 40.6 Å². The highest BCUT2D eigenvalue weighted by molar-refractivity contribution is 5.18. The molecule has 6 heteroatoms. The molecule has 1 aliphatic heterocycles. The van der Waals surface area contributed by atoms with Crippen LogP contribution < -0.4 is 0 Å². The lowest BCUT2D eigenvalue weighted by Gasteiger charge is -2.30. The SMILES string of the molecule is Cc1nocc1Cc1noc(C2CCCN(Cc3ccccc3)C2)n1. The Morgan fingerprint density at radius 3 is 2.88 bits per heavy atom. The lowest BCUT2D eigenvalue weighted by atomic mass is 9.97. The van der Waals surface area contributed by atoms with Gasteiger partial charge in [-0.05, 0) is 31.9 Å². The highest BCUT2D eigenvalue weighted by atomic mass is 16.5. The molecular weight excluding hydrogens is 316 g/mol. The summed E-state index contributed by atoms with van der Waals surface area (Å²) in [6.07, 6.45) is 4.49. The number of benzene rings is 1. The highest BCUT2D eigenvalue weighted by Crippen LogP contribution is 2.27. The Labute approximate surface area is 146 Å². The van der Waals surface area contributed by atoms with Crippen LogP contribution in [-0.2, 0) is 13.0 Å². The molecule has 0 spiro atoms. The molecule has 1 aliphatic rings. The summed E-state index contributed by atoms with van der Waals surface area (Å²) in [6.45, 7) is 4.97. The molecule has 25 heavy (non-hydrogen) atoms. The van der Waals surface area contributed by atoms with Crippen LogP contribution in [-0.4, -0.2) is 33.3 Å². The van der Waals surface area contributed by atoms with E-state index in [2.05, 4.69) is 50.5 Å². The van der Waals surface area contributed by atoms with E-state index in [4.69, 9.17) is 9.05 Å². The molecule has 1 aromatic carbocycles. The number of rotatable bonds is 5. The minimum atomic E-state index is 0.308. The lowest BCUT2D eigenvalue weighted by molar-refractivity contribution is 0.180. The minimum Gasteiger partial charge on any atom is -0.364 e. The Morgan fingerprint density at radius 1 is 1.20 bits per heavy atom. The molecule has 0 amide bonds. The van der Waals surface area contributed by atoms with Crippen molar-refractivity contribution in [3.05, 3.63) is 65.1 Å². The number of likely N-dealkylation sites (tertiary alicyclic amines) is 1. The first-order valence-electron chi connectivity index (χ1n) is 8.76. The number of aromatic nitrogens is 3. The summed E-state index contributed by atoms with van der Waals surface area (Å²) in [5.41, 5.74) is 3.22. The van der Waals surface area contributed by atoms with Gasteiger partial charge in [-0.25, -0.2) is 0 Å². The quantitative estimate of drug-likeness (QED) is 0.711. The van der Waals surface area contributed by atoms with Crippen molar-refractivity contribution in [2.24, 2.45) is 0 Å². The molecule has 1 atom stereocenters. The summed E-state index contributed by atoms with van der Waals surface area (Å²) in [5, 5.41) is 8.03. The van der Waals surface area contributed by atoms with Crippen LogP contribution in [0.5, 0.6) is 0 Å². The molecule has 0 N–H and O–H groups in total. The zero-order valence-corrected chi connectivity index (χ0v) is 14.4. The second-order valence-electron chi connectivity index (χ2n) is 6.71. The van der Waals surface area contributed by atoms with Crippen LogP contribution >= 0.6 is 0 Å². The predicted molar refractivity (Wildman–Crippen MR) is 92.0 cm³/mol. The van der Waals surface area contributed by atoms with Gasteiger partial charge in [0, 0.05) is 25.1 Å². The van der Waals surface area contributed by atoms with Gasteiger partial charge < -0.3 is 9.05 Å². The largest absolute Gasteiger partial charge is 0.364 e. The van der Waals surface area contributed by atoms with Crippen molar-refractivity contribution in [2.45, 2.75) is 38.6 Å². The van der Waals surface area contributed by atoms with Gasteiger partial charge >= 0.3 is 0 Å². The molecule has 6 nitrogen and oxygen atoms in total. The molecular formula is C19H22N4O2. The van der Waals surface area contributed by atoms with Gasteiger partial charge in [0.1, 0.15) is 6.26 Å². The average Bonchev–Trinajstić information content (AvgIpc) is 3.26. The van der Waals surface area contributed by atoms with E-state index < -0.39 is 0 Å². The van der Waals surface area contributed by atoms with Crippen molar-refractivity contribution in [1.82, 2.24) is 20.2 Å². The molecule has 1 saturated heterocycles. The predicted octanol–water partition coefficient (Wildman–Crippen LogP) is 3.34. The normalized spacial score (nSPS) is 18.5. The first-order chi connectivity index (χ1) is 12.3. The standard InChI is InChI=1S/C19H22N4O2/c1-14-17(13-24-21-14)10-18-20-19(25-22-18)16-8-5-9-23(12-16)11-15-6-3-2-4-7-15/h2-4,6-7,13,16H,5,8-12H2,1H3. The maximum atomic E-state index is 5.55. The third-order valence-electron chi connectivity index (χ3n) is 4.79. The van der Waals surface area contributed by atoms with Gasteiger partial charge in [0.2, 0.25) is 5.89 Å². The Balaban J connectivity index is 1.40. The summed E-state index contributed by atoms with van der Waals surface area (Å²) in [5.74, 6) is 1.76.